The van der Waals surface area contributed by atoms with E-state index in [-0.39, 0.29) is 12.1 Å². The first-order chi connectivity index (χ1) is 10.6. The zero-order valence-corrected chi connectivity index (χ0v) is 14.5. The first kappa shape index (κ1) is 15.7. The molecule has 118 valence electrons. The van der Waals surface area contributed by atoms with Gasteiger partial charge in [0.05, 0.1) is 6.04 Å². The molecule has 0 amide bonds. The monoisotopic (exact) mass is 335 g/mol. The van der Waals surface area contributed by atoms with Crippen LogP contribution in [0.15, 0.2) is 23.6 Å². The molecule has 0 radical (unpaired) electrons. The van der Waals surface area contributed by atoms with E-state index in [9.17, 15) is 9.90 Å². The second-order valence-electron chi connectivity index (χ2n) is 5.82. The Kier molecular flexibility index (Phi) is 4.66. The van der Waals surface area contributed by atoms with Gasteiger partial charge < -0.3 is 5.11 Å². The molecular weight excluding hydrogens is 314 g/mol. The van der Waals surface area contributed by atoms with Crippen molar-refractivity contribution in [3.8, 4) is 0 Å². The summed E-state index contributed by atoms with van der Waals surface area (Å²) in [4.78, 5) is 17.7. The predicted molar refractivity (Wildman–Crippen MR) is 92.0 cm³/mol. The van der Waals surface area contributed by atoms with Crippen molar-refractivity contribution in [2.75, 3.05) is 6.54 Å². The van der Waals surface area contributed by atoms with Crippen LogP contribution in [-0.2, 0) is 11.2 Å². The molecule has 1 saturated heterocycles. The maximum absolute atomic E-state index is 11.6. The summed E-state index contributed by atoms with van der Waals surface area (Å²) in [6.45, 7) is 5.12. The van der Waals surface area contributed by atoms with Gasteiger partial charge in [0.15, 0.2) is 0 Å². The van der Waals surface area contributed by atoms with Crippen LogP contribution in [0.1, 0.15) is 46.0 Å². The fourth-order valence-electron chi connectivity index (χ4n) is 3.16. The van der Waals surface area contributed by atoms with Gasteiger partial charge in [-0.1, -0.05) is 6.92 Å². The summed E-state index contributed by atoms with van der Waals surface area (Å²) >= 11 is 3.56. The van der Waals surface area contributed by atoms with Crippen LogP contribution in [0.2, 0.25) is 0 Å². The lowest BCUT2D eigenvalue weighted by atomic mass is 10.1. The van der Waals surface area contributed by atoms with Gasteiger partial charge in [-0.3, -0.25) is 9.69 Å². The van der Waals surface area contributed by atoms with E-state index in [1.807, 2.05) is 11.3 Å². The maximum Gasteiger partial charge on any atom is 0.320 e. The third kappa shape index (κ3) is 2.98. The highest BCUT2D eigenvalue weighted by molar-refractivity contribution is 7.13. The quantitative estimate of drug-likeness (QED) is 0.884. The summed E-state index contributed by atoms with van der Waals surface area (Å²) in [7, 11) is 0. The summed E-state index contributed by atoms with van der Waals surface area (Å²) < 4.78 is 0. The van der Waals surface area contributed by atoms with Crippen molar-refractivity contribution in [2.24, 2.45) is 0 Å². The van der Waals surface area contributed by atoms with E-state index in [0.717, 1.165) is 25.8 Å². The molecule has 3 rings (SSSR count). The van der Waals surface area contributed by atoms with Gasteiger partial charge in [-0.05, 0) is 55.3 Å². The molecule has 2 aromatic rings. The van der Waals surface area contributed by atoms with E-state index in [1.165, 1.54) is 20.2 Å². The van der Waals surface area contributed by atoms with Crippen molar-refractivity contribution >= 4 is 28.6 Å². The number of carbonyl (C=O) groups is 1. The van der Waals surface area contributed by atoms with E-state index in [4.69, 9.17) is 0 Å². The predicted octanol–water partition coefficient (Wildman–Crippen LogP) is 4.32. The fraction of sp³-hybridized carbons (Fsp3) is 0.471. The fourth-order valence-corrected chi connectivity index (χ4v) is 5.36. The van der Waals surface area contributed by atoms with Crippen molar-refractivity contribution < 1.29 is 9.90 Å². The first-order valence-corrected chi connectivity index (χ1v) is 9.42. The molecule has 1 N–H and O–H groups in total. The van der Waals surface area contributed by atoms with Gasteiger partial charge in [0.2, 0.25) is 0 Å². The van der Waals surface area contributed by atoms with Gasteiger partial charge >= 0.3 is 5.97 Å². The highest BCUT2D eigenvalue weighted by Gasteiger charge is 2.37. The Morgan fingerprint density at radius 3 is 2.86 bits per heavy atom. The SMILES string of the molecule is CCc1ccc(C(c2cc(C)cs2)N2CCCC2C(=O)O)s1. The number of hydrogen-bond donors (Lipinski definition) is 1. The molecule has 3 nitrogen and oxygen atoms in total. The van der Waals surface area contributed by atoms with Crippen LogP contribution in [0.3, 0.4) is 0 Å². The Hall–Kier alpha value is -1.17. The number of aryl methyl sites for hydroxylation is 2. The molecule has 0 bridgehead atoms. The van der Waals surface area contributed by atoms with Gasteiger partial charge in [-0.25, -0.2) is 0 Å². The van der Waals surface area contributed by atoms with Crippen LogP contribution >= 0.6 is 22.7 Å². The topological polar surface area (TPSA) is 40.5 Å². The normalized spacial score (nSPS) is 20.4. The minimum absolute atomic E-state index is 0.0904. The smallest absolute Gasteiger partial charge is 0.320 e. The molecule has 5 heteroatoms. The van der Waals surface area contributed by atoms with Gasteiger partial charge in [0.1, 0.15) is 6.04 Å². The van der Waals surface area contributed by atoms with Gasteiger partial charge in [0, 0.05) is 21.2 Å². The van der Waals surface area contributed by atoms with Crippen LogP contribution in [0.4, 0.5) is 0 Å². The average Bonchev–Trinajstić information content (AvgIpc) is 3.20. The molecule has 1 aliphatic rings. The molecule has 3 heterocycles. The average molecular weight is 335 g/mol. The molecule has 1 fully saturated rings. The van der Waals surface area contributed by atoms with E-state index in [2.05, 4.69) is 42.3 Å². The summed E-state index contributed by atoms with van der Waals surface area (Å²) in [6, 6.07) is 6.30. The van der Waals surface area contributed by atoms with E-state index < -0.39 is 5.97 Å². The number of rotatable bonds is 5. The van der Waals surface area contributed by atoms with Crippen molar-refractivity contribution in [3.63, 3.8) is 0 Å². The lowest BCUT2D eigenvalue weighted by Crippen LogP contribution is -2.38. The number of carboxylic acid groups (broad SMARTS) is 1. The summed E-state index contributed by atoms with van der Waals surface area (Å²) in [5.41, 5.74) is 1.25. The highest BCUT2D eigenvalue weighted by Crippen LogP contribution is 2.40. The largest absolute Gasteiger partial charge is 0.480 e. The number of nitrogens with zero attached hydrogens (tertiary/aromatic N) is 1. The maximum atomic E-state index is 11.6. The van der Waals surface area contributed by atoms with Crippen molar-refractivity contribution in [2.45, 2.75) is 45.2 Å². The van der Waals surface area contributed by atoms with Crippen LogP contribution in [0.25, 0.3) is 0 Å². The van der Waals surface area contributed by atoms with Gasteiger partial charge in [-0.15, -0.1) is 22.7 Å². The molecule has 1 aliphatic heterocycles. The molecule has 2 aromatic heterocycles. The molecular formula is C17H21NO2S2. The molecule has 0 spiro atoms. The van der Waals surface area contributed by atoms with E-state index in [0.29, 0.717) is 0 Å². The summed E-state index contributed by atoms with van der Waals surface area (Å²) in [6.07, 6.45) is 2.75. The van der Waals surface area contributed by atoms with E-state index in [1.54, 1.807) is 11.3 Å². The van der Waals surface area contributed by atoms with Crippen molar-refractivity contribution in [3.05, 3.63) is 43.8 Å². The van der Waals surface area contributed by atoms with E-state index >= 15 is 0 Å². The first-order valence-electron chi connectivity index (χ1n) is 7.72. The van der Waals surface area contributed by atoms with Crippen molar-refractivity contribution in [1.82, 2.24) is 4.90 Å². The molecule has 2 atom stereocenters. The lowest BCUT2D eigenvalue weighted by molar-refractivity contribution is -0.142. The molecule has 22 heavy (non-hydrogen) atoms. The standard InChI is InChI=1S/C17H21NO2S2/c1-3-12-6-7-14(22-12)16(15-9-11(2)10-21-15)18-8-4-5-13(18)17(19)20/h6-7,9-10,13,16H,3-5,8H2,1-2H3,(H,19,20). The zero-order valence-electron chi connectivity index (χ0n) is 12.9. The number of hydrogen-bond acceptors (Lipinski definition) is 4. The minimum Gasteiger partial charge on any atom is -0.480 e. The number of thiophene rings is 2. The second kappa shape index (κ2) is 6.52. The molecule has 0 saturated carbocycles. The third-order valence-corrected chi connectivity index (χ3v) is 6.62. The van der Waals surface area contributed by atoms with Crippen LogP contribution in [0, 0.1) is 6.92 Å². The molecule has 2 unspecified atom stereocenters. The Morgan fingerprint density at radius 2 is 2.27 bits per heavy atom. The Morgan fingerprint density at radius 1 is 1.45 bits per heavy atom. The highest BCUT2D eigenvalue weighted by atomic mass is 32.1. The number of aliphatic carboxylic acids is 1. The van der Waals surface area contributed by atoms with Crippen LogP contribution in [-0.4, -0.2) is 28.6 Å². The summed E-state index contributed by atoms with van der Waals surface area (Å²) in [5, 5.41) is 11.7. The number of likely N-dealkylation sites (tertiary alicyclic amines) is 1. The lowest BCUT2D eigenvalue weighted by Gasteiger charge is -2.29. The molecule has 0 aromatic carbocycles. The zero-order chi connectivity index (χ0) is 15.7. The second-order valence-corrected chi connectivity index (χ2v) is 7.96. The Labute approximate surface area is 139 Å². The van der Waals surface area contributed by atoms with Gasteiger partial charge in [-0.2, -0.15) is 0 Å². The minimum atomic E-state index is -0.692. The third-order valence-electron chi connectivity index (χ3n) is 4.23. The van der Waals surface area contributed by atoms with Gasteiger partial charge in [0.25, 0.3) is 0 Å². The van der Waals surface area contributed by atoms with Crippen LogP contribution in [0.5, 0.6) is 0 Å². The Balaban J connectivity index is 2.01. The molecule has 0 aliphatic carbocycles. The van der Waals surface area contributed by atoms with Crippen molar-refractivity contribution in [1.29, 1.82) is 0 Å². The summed E-state index contributed by atoms with van der Waals surface area (Å²) in [5.74, 6) is -0.692. The number of carboxylic acids is 1. The van der Waals surface area contributed by atoms with Crippen LogP contribution < -0.4 is 0 Å². The Bertz CT molecular complexity index is 661.